The van der Waals surface area contributed by atoms with Gasteiger partial charge in [0, 0.05) is 24.2 Å². The van der Waals surface area contributed by atoms with Crippen molar-refractivity contribution in [3.63, 3.8) is 0 Å². The molecule has 25 heavy (non-hydrogen) atoms. The molecule has 0 bridgehead atoms. The normalized spacial score (nSPS) is 12.0. The number of carbonyl (C=O) groups excluding carboxylic acids is 1. The molecule has 2 aromatic rings. The van der Waals surface area contributed by atoms with Crippen LogP contribution in [0.2, 0.25) is 0 Å². The molecule has 0 fully saturated rings. The first-order valence-corrected chi connectivity index (χ1v) is 8.09. The van der Waals surface area contributed by atoms with Crippen LogP contribution in [-0.4, -0.2) is 51.3 Å². The molecule has 0 radical (unpaired) electrons. The van der Waals surface area contributed by atoms with Gasteiger partial charge in [0.1, 0.15) is 0 Å². The van der Waals surface area contributed by atoms with Crippen LogP contribution < -0.4 is 4.74 Å². The molecular formula is C17H23N3O5. The molecule has 2 aromatic heterocycles. The molecule has 2 N–H and O–H groups in total. The molecule has 0 amide bonds. The number of aromatic hydroxyl groups is 1. The monoisotopic (exact) mass is 349 g/mol. The van der Waals surface area contributed by atoms with Crippen molar-refractivity contribution in [1.29, 1.82) is 0 Å². The number of carbonyl (C=O) groups is 1. The standard InChI is InChI=1S/C17H23N3O5/c1-3-25-17(23)9-13(12-4-5-15(24-2)18-11-12)8-14-10-16(22)20(19-14)6-7-21/h4-5,10-11,13,21-22H,3,6-9H2,1-2H3. The molecule has 1 atom stereocenters. The van der Waals surface area contributed by atoms with Gasteiger partial charge in [-0.1, -0.05) is 6.07 Å². The van der Waals surface area contributed by atoms with E-state index in [9.17, 15) is 9.90 Å². The second-order valence-corrected chi connectivity index (χ2v) is 5.48. The minimum atomic E-state index is -0.303. The van der Waals surface area contributed by atoms with Crippen LogP contribution in [0.15, 0.2) is 24.4 Å². The van der Waals surface area contributed by atoms with Crippen LogP contribution in [0, 0.1) is 0 Å². The summed E-state index contributed by atoms with van der Waals surface area (Å²) in [5, 5.41) is 23.1. The predicted molar refractivity (Wildman–Crippen MR) is 89.5 cm³/mol. The van der Waals surface area contributed by atoms with Gasteiger partial charge in [0.25, 0.3) is 0 Å². The molecule has 1 unspecified atom stereocenters. The molecule has 2 rings (SSSR count). The number of hydrogen-bond acceptors (Lipinski definition) is 7. The summed E-state index contributed by atoms with van der Waals surface area (Å²) >= 11 is 0. The maximum atomic E-state index is 11.9. The molecule has 8 nitrogen and oxygen atoms in total. The Labute approximate surface area is 146 Å². The van der Waals surface area contributed by atoms with E-state index in [0.717, 1.165) is 5.56 Å². The van der Waals surface area contributed by atoms with Crippen molar-refractivity contribution >= 4 is 5.97 Å². The average molecular weight is 349 g/mol. The van der Waals surface area contributed by atoms with Crippen molar-refractivity contribution in [2.24, 2.45) is 0 Å². The van der Waals surface area contributed by atoms with E-state index in [4.69, 9.17) is 14.6 Å². The lowest BCUT2D eigenvalue weighted by atomic mass is 9.92. The first-order chi connectivity index (χ1) is 12.1. The van der Waals surface area contributed by atoms with Crippen LogP contribution in [0.5, 0.6) is 11.8 Å². The molecule has 0 saturated carbocycles. The van der Waals surface area contributed by atoms with Crippen molar-refractivity contribution in [3.05, 3.63) is 35.7 Å². The number of aliphatic hydroxyl groups excluding tert-OH is 1. The predicted octanol–water partition coefficient (Wildman–Crippen LogP) is 1.26. The van der Waals surface area contributed by atoms with Crippen LogP contribution in [0.4, 0.5) is 0 Å². The lowest BCUT2D eigenvalue weighted by Gasteiger charge is -2.15. The van der Waals surface area contributed by atoms with Gasteiger partial charge >= 0.3 is 5.97 Å². The van der Waals surface area contributed by atoms with Crippen molar-refractivity contribution < 1.29 is 24.5 Å². The van der Waals surface area contributed by atoms with Crippen LogP contribution in [0.1, 0.15) is 30.5 Å². The first kappa shape index (κ1) is 18.7. The molecule has 0 saturated heterocycles. The highest BCUT2D eigenvalue weighted by molar-refractivity contribution is 5.70. The summed E-state index contributed by atoms with van der Waals surface area (Å²) in [5.74, 6) is -0.0352. The number of ether oxygens (including phenoxy) is 2. The van der Waals surface area contributed by atoms with Crippen molar-refractivity contribution in [2.75, 3.05) is 20.3 Å². The second kappa shape index (κ2) is 9.03. The van der Waals surface area contributed by atoms with E-state index in [2.05, 4.69) is 10.1 Å². The van der Waals surface area contributed by atoms with Crippen LogP contribution in [0.25, 0.3) is 0 Å². The summed E-state index contributed by atoms with van der Waals surface area (Å²) in [6, 6.07) is 5.11. The van der Waals surface area contributed by atoms with Crippen molar-refractivity contribution in [1.82, 2.24) is 14.8 Å². The number of pyridine rings is 1. The van der Waals surface area contributed by atoms with Gasteiger partial charge in [-0.25, -0.2) is 9.67 Å². The molecule has 2 heterocycles. The zero-order chi connectivity index (χ0) is 18.2. The van der Waals surface area contributed by atoms with Crippen LogP contribution >= 0.6 is 0 Å². The van der Waals surface area contributed by atoms with Gasteiger partial charge < -0.3 is 19.7 Å². The summed E-state index contributed by atoms with van der Waals surface area (Å²) < 4.78 is 11.4. The van der Waals surface area contributed by atoms with E-state index < -0.39 is 0 Å². The number of esters is 1. The lowest BCUT2D eigenvalue weighted by molar-refractivity contribution is -0.143. The Morgan fingerprint density at radius 2 is 2.20 bits per heavy atom. The van der Waals surface area contributed by atoms with Gasteiger partial charge in [0.05, 0.1) is 39.0 Å². The zero-order valence-electron chi connectivity index (χ0n) is 14.4. The number of aromatic nitrogens is 3. The summed E-state index contributed by atoms with van der Waals surface area (Å²) in [5.41, 5.74) is 1.47. The van der Waals surface area contributed by atoms with Gasteiger partial charge in [-0.15, -0.1) is 0 Å². The fourth-order valence-corrected chi connectivity index (χ4v) is 2.55. The zero-order valence-corrected chi connectivity index (χ0v) is 14.4. The smallest absolute Gasteiger partial charge is 0.306 e. The minimum absolute atomic E-state index is 0.0215. The van der Waals surface area contributed by atoms with Gasteiger partial charge in [-0.05, 0) is 18.9 Å². The average Bonchev–Trinajstić information content (AvgIpc) is 2.94. The summed E-state index contributed by atoms with van der Waals surface area (Å²) in [4.78, 5) is 16.1. The molecule has 0 spiro atoms. The molecule has 8 heteroatoms. The van der Waals surface area contributed by atoms with Crippen molar-refractivity contribution in [3.8, 4) is 11.8 Å². The fraction of sp³-hybridized carbons (Fsp3) is 0.471. The van der Waals surface area contributed by atoms with E-state index in [1.807, 2.05) is 6.07 Å². The Balaban J connectivity index is 2.20. The summed E-state index contributed by atoms with van der Waals surface area (Å²) in [6.45, 7) is 2.16. The Kier molecular flexibility index (Phi) is 6.76. The molecule has 0 aliphatic rings. The number of aliphatic hydroxyl groups is 1. The fourth-order valence-electron chi connectivity index (χ4n) is 2.55. The largest absolute Gasteiger partial charge is 0.493 e. The summed E-state index contributed by atoms with van der Waals surface area (Å²) in [7, 11) is 1.54. The molecule has 136 valence electrons. The van der Waals surface area contributed by atoms with E-state index in [1.165, 1.54) is 17.9 Å². The van der Waals surface area contributed by atoms with Gasteiger partial charge in [0.2, 0.25) is 11.8 Å². The molecule has 0 aliphatic heterocycles. The van der Waals surface area contributed by atoms with E-state index >= 15 is 0 Å². The quantitative estimate of drug-likeness (QED) is 0.656. The third-order valence-electron chi connectivity index (χ3n) is 3.73. The van der Waals surface area contributed by atoms with Crippen LogP contribution in [-0.2, 0) is 22.5 Å². The highest BCUT2D eigenvalue weighted by Gasteiger charge is 2.20. The maximum absolute atomic E-state index is 11.9. The SMILES string of the molecule is CCOC(=O)CC(Cc1cc(O)n(CCO)n1)c1ccc(OC)nc1. The second-order valence-electron chi connectivity index (χ2n) is 5.48. The Hall–Kier alpha value is -2.61. The van der Waals surface area contributed by atoms with E-state index in [0.29, 0.717) is 24.6 Å². The Morgan fingerprint density at radius 1 is 1.40 bits per heavy atom. The number of methoxy groups -OCH3 is 1. The first-order valence-electron chi connectivity index (χ1n) is 8.09. The summed E-state index contributed by atoms with van der Waals surface area (Å²) in [6.07, 6.45) is 2.27. The third-order valence-corrected chi connectivity index (χ3v) is 3.73. The molecular weight excluding hydrogens is 326 g/mol. The lowest BCUT2D eigenvalue weighted by Crippen LogP contribution is -2.13. The van der Waals surface area contributed by atoms with Crippen LogP contribution in [0.3, 0.4) is 0 Å². The van der Waals surface area contributed by atoms with Gasteiger partial charge in [-0.3, -0.25) is 4.79 Å². The maximum Gasteiger partial charge on any atom is 0.306 e. The van der Waals surface area contributed by atoms with E-state index in [1.54, 1.807) is 19.2 Å². The van der Waals surface area contributed by atoms with Gasteiger partial charge in [-0.2, -0.15) is 5.10 Å². The number of hydrogen-bond donors (Lipinski definition) is 2. The molecule has 0 aromatic carbocycles. The Bertz CT molecular complexity index is 684. The third kappa shape index (κ3) is 5.18. The van der Waals surface area contributed by atoms with Gasteiger partial charge in [0.15, 0.2) is 0 Å². The topological polar surface area (TPSA) is 107 Å². The number of rotatable bonds is 9. The number of nitrogens with zero attached hydrogens (tertiary/aromatic N) is 3. The highest BCUT2D eigenvalue weighted by Crippen LogP contribution is 2.26. The van der Waals surface area contributed by atoms with Crippen molar-refractivity contribution in [2.45, 2.75) is 32.2 Å². The highest BCUT2D eigenvalue weighted by atomic mass is 16.5. The molecule has 0 aliphatic carbocycles. The Morgan fingerprint density at radius 3 is 2.80 bits per heavy atom. The van der Waals surface area contributed by atoms with E-state index in [-0.39, 0.29) is 37.3 Å². The minimum Gasteiger partial charge on any atom is -0.493 e.